The summed E-state index contributed by atoms with van der Waals surface area (Å²) in [5.74, 6) is -0.168. The van der Waals surface area contributed by atoms with Gasteiger partial charge in [0.25, 0.3) is 0 Å². The number of esters is 1. The minimum absolute atomic E-state index is 0.0174. The summed E-state index contributed by atoms with van der Waals surface area (Å²) in [7, 11) is 0. The molecule has 0 aliphatic heterocycles. The number of hydrogen-bond acceptors (Lipinski definition) is 5. The van der Waals surface area contributed by atoms with Crippen molar-refractivity contribution < 1.29 is 24.5 Å². The Morgan fingerprint density at radius 1 is 0.509 bits per heavy atom. The van der Waals surface area contributed by atoms with Crippen molar-refractivity contribution in [3.8, 4) is 0 Å². The SMILES string of the molecule is CCCCCCCCCCC/C=C/C(O)C(CO)NC(=O)CC/C=C\C/C=C\CCCCCCCCOC(=O)CCCCCCCCCCCCCCCC. The molecule has 0 saturated carbocycles. The van der Waals surface area contributed by atoms with Crippen LogP contribution in [-0.4, -0.2) is 47.4 Å². The molecule has 1 amide bonds. The first-order valence-electron chi connectivity index (χ1n) is 23.8. The van der Waals surface area contributed by atoms with E-state index in [-0.39, 0.29) is 18.5 Å². The maximum absolute atomic E-state index is 12.3. The molecule has 2 unspecified atom stereocenters. The molecule has 322 valence electrons. The van der Waals surface area contributed by atoms with Gasteiger partial charge in [-0.25, -0.2) is 0 Å². The van der Waals surface area contributed by atoms with E-state index in [1.54, 1.807) is 6.08 Å². The van der Waals surface area contributed by atoms with Crippen LogP contribution < -0.4 is 5.32 Å². The third-order valence-electron chi connectivity index (χ3n) is 10.7. The van der Waals surface area contributed by atoms with Gasteiger partial charge in [-0.1, -0.05) is 211 Å². The van der Waals surface area contributed by atoms with E-state index in [1.807, 2.05) is 12.2 Å². The van der Waals surface area contributed by atoms with Gasteiger partial charge >= 0.3 is 5.97 Å². The molecule has 0 rings (SSSR count). The first kappa shape index (κ1) is 53.1. The molecular weight excluding hydrogens is 683 g/mol. The normalized spacial score (nSPS) is 13.0. The van der Waals surface area contributed by atoms with Crippen LogP contribution in [0.5, 0.6) is 0 Å². The number of ether oxygens (including phenoxy) is 1. The number of carbonyl (C=O) groups excluding carboxylic acids is 2. The minimum atomic E-state index is -0.877. The highest BCUT2D eigenvalue weighted by atomic mass is 16.5. The number of nitrogens with one attached hydrogen (secondary N) is 1. The zero-order valence-electron chi connectivity index (χ0n) is 36.4. The molecule has 6 nitrogen and oxygen atoms in total. The highest BCUT2D eigenvalue weighted by molar-refractivity contribution is 5.76. The third kappa shape index (κ3) is 41.5. The second-order valence-corrected chi connectivity index (χ2v) is 16.1. The summed E-state index contributed by atoms with van der Waals surface area (Å²) in [6.45, 7) is 4.81. The molecule has 3 N–H and O–H groups in total. The quantitative estimate of drug-likeness (QED) is 0.0326. The molecule has 0 fully saturated rings. The highest BCUT2D eigenvalue weighted by Crippen LogP contribution is 2.15. The monoisotopic (exact) mass is 774 g/mol. The lowest BCUT2D eigenvalue weighted by Gasteiger charge is -2.19. The second kappa shape index (κ2) is 44.8. The van der Waals surface area contributed by atoms with Crippen molar-refractivity contribution in [1.82, 2.24) is 5.32 Å². The molecule has 0 aliphatic rings. The van der Waals surface area contributed by atoms with Crippen molar-refractivity contribution in [2.75, 3.05) is 13.2 Å². The number of aliphatic hydroxyl groups is 2. The molecule has 0 aliphatic carbocycles. The Morgan fingerprint density at radius 3 is 1.42 bits per heavy atom. The maximum Gasteiger partial charge on any atom is 0.305 e. The molecule has 0 saturated heterocycles. The van der Waals surface area contributed by atoms with E-state index < -0.39 is 12.1 Å². The summed E-state index contributed by atoms with van der Waals surface area (Å²) >= 11 is 0. The van der Waals surface area contributed by atoms with Crippen molar-refractivity contribution in [1.29, 1.82) is 0 Å². The number of rotatable bonds is 43. The Balaban J connectivity index is 3.57. The van der Waals surface area contributed by atoms with E-state index in [0.717, 1.165) is 51.4 Å². The Labute approximate surface area is 341 Å². The van der Waals surface area contributed by atoms with Gasteiger partial charge < -0.3 is 20.3 Å². The molecule has 0 bridgehead atoms. The van der Waals surface area contributed by atoms with Crippen LogP contribution >= 0.6 is 0 Å². The predicted octanol–water partition coefficient (Wildman–Crippen LogP) is 13.7. The van der Waals surface area contributed by atoms with E-state index in [1.165, 1.54) is 154 Å². The van der Waals surface area contributed by atoms with Crippen LogP contribution in [-0.2, 0) is 14.3 Å². The largest absolute Gasteiger partial charge is 0.466 e. The Hall–Kier alpha value is -1.92. The van der Waals surface area contributed by atoms with Crippen LogP contribution in [0.2, 0.25) is 0 Å². The summed E-state index contributed by atoms with van der Waals surface area (Å²) in [4.78, 5) is 24.3. The smallest absolute Gasteiger partial charge is 0.305 e. The summed E-state index contributed by atoms with van der Waals surface area (Å²) < 4.78 is 5.44. The third-order valence-corrected chi connectivity index (χ3v) is 10.7. The van der Waals surface area contributed by atoms with Crippen LogP contribution in [0, 0.1) is 0 Å². The first-order valence-corrected chi connectivity index (χ1v) is 23.8. The van der Waals surface area contributed by atoms with Gasteiger partial charge in [-0.3, -0.25) is 9.59 Å². The zero-order valence-corrected chi connectivity index (χ0v) is 36.4. The van der Waals surface area contributed by atoms with E-state index >= 15 is 0 Å². The minimum Gasteiger partial charge on any atom is -0.466 e. The van der Waals surface area contributed by atoms with Crippen molar-refractivity contribution in [2.24, 2.45) is 0 Å². The molecule has 0 aromatic carbocycles. The zero-order chi connectivity index (χ0) is 40.1. The van der Waals surface area contributed by atoms with E-state index in [9.17, 15) is 19.8 Å². The number of amides is 1. The van der Waals surface area contributed by atoms with Gasteiger partial charge in [0.1, 0.15) is 0 Å². The maximum atomic E-state index is 12.3. The lowest BCUT2D eigenvalue weighted by molar-refractivity contribution is -0.143. The van der Waals surface area contributed by atoms with Gasteiger partial charge in [-0.05, 0) is 51.4 Å². The Bertz CT molecular complexity index is 900. The topological polar surface area (TPSA) is 95.9 Å². The molecular formula is C49H91NO5. The van der Waals surface area contributed by atoms with Crippen LogP contribution in [0.1, 0.15) is 239 Å². The predicted molar refractivity (Wildman–Crippen MR) is 236 cm³/mol. The van der Waals surface area contributed by atoms with E-state index in [2.05, 4.69) is 37.4 Å². The van der Waals surface area contributed by atoms with Crippen LogP contribution in [0.15, 0.2) is 36.5 Å². The van der Waals surface area contributed by atoms with Crippen molar-refractivity contribution >= 4 is 11.9 Å². The van der Waals surface area contributed by atoms with Crippen LogP contribution in [0.4, 0.5) is 0 Å². The average Bonchev–Trinajstić information content (AvgIpc) is 3.18. The van der Waals surface area contributed by atoms with Crippen LogP contribution in [0.25, 0.3) is 0 Å². The van der Waals surface area contributed by atoms with Crippen molar-refractivity contribution in [3.05, 3.63) is 36.5 Å². The summed E-state index contributed by atoms with van der Waals surface area (Å²) in [5.41, 5.74) is 0. The van der Waals surface area contributed by atoms with Gasteiger partial charge in [0.15, 0.2) is 0 Å². The van der Waals surface area contributed by atoms with Gasteiger partial charge in [-0.15, -0.1) is 0 Å². The first-order chi connectivity index (χ1) is 27.0. The fourth-order valence-corrected chi connectivity index (χ4v) is 6.98. The number of hydrogen-bond donors (Lipinski definition) is 3. The van der Waals surface area contributed by atoms with Gasteiger partial charge in [0, 0.05) is 12.8 Å². The van der Waals surface area contributed by atoms with Gasteiger partial charge in [0.2, 0.25) is 5.91 Å². The molecule has 0 aromatic rings. The van der Waals surface area contributed by atoms with Gasteiger partial charge in [0.05, 0.1) is 25.4 Å². The Kier molecular flexibility index (Phi) is 43.2. The highest BCUT2D eigenvalue weighted by Gasteiger charge is 2.17. The van der Waals surface area contributed by atoms with Gasteiger partial charge in [-0.2, -0.15) is 0 Å². The van der Waals surface area contributed by atoms with Crippen molar-refractivity contribution in [3.63, 3.8) is 0 Å². The fraction of sp³-hybridized carbons (Fsp3) is 0.837. The van der Waals surface area contributed by atoms with E-state index in [4.69, 9.17) is 4.74 Å². The molecule has 55 heavy (non-hydrogen) atoms. The molecule has 2 atom stereocenters. The summed E-state index contributed by atoms with van der Waals surface area (Å²) in [5, 5.41) is 22.8. The Morgan fingerprint density at radius 2 is 0.927 bits per heavy atom. The molecule has 0 radical (unpaired) electrons. The second-order valence-electron chi connectivity index (χ2n) is 16.1. The molecule has 6 heteroatoms. The lowest BCUT2D eigenvalue weighted by Crippen LogP contribution is -2.45. The van der Waals surface area contributed by atoms with Crippen molar-refractivity contribution in [2.45, 2.75) is 251 Å². The molecule has 0 spiro atoms. The number of unbranched alkanes of at least 4 members (excludes halogenated alkanes) is 28. The van der Waals surface area contributed by atoms with E-state index in [0.29, 0.717) is 25.9 Å². The molecule has 0 heterocycles. The summed E-state index contributed by atoms with van der Waals surface area (Å²) in [6, 6.07) is -0.670. The van der Waals surface area contributed by atoms with Crippen LogP contribution in [0.3, 0.4) is 0 Å². The number of aliphatic hydroxyl groups excluding tert-OH is 2. The molecule has 0 aromatic heterocycles. The fourth-order valence-electron chi connectivity index (χ4n) is 6.98. The lowest BCUT2D eigenvalue weighted by atomic mass is 10.0. The number of allylic oxidation sites excluding steroid dienone is 5. The number of carbonyl (C=O) groups is 2. The standard InChI is InChI=1S/C49H91NO5/c1-3-5-7-9-11-13-15-16-19-23-27-31-35-39-43-49(54)55-44-40-36-32-28-24-20-17-18-22-26-30-34-38-42-48(53)50-46(45-51)47(52)41-37-33-29-25-21-14-12-10-8-6-4-2/h18,22,30,34,37,41,46-47,51-52H,3-17,19-21,23-29,31-33,35-36,38-40,42-45H2,1-2H3,(H,50,53)/b22-18-,34-30-,41-37+. The summed E-state index contributed by atoms with van der Waals surface area (Å²) in [6.07, 6.45) is 52.9. The average molecular weight is 774 g/mol.